The van der Waals surface area contributed by atoms with Crippen molar-refractivity contribution in [3.05, 3.63) is 41.2 Å². The van der Waals surface area contributed by atoms with Gasteiger partial charge in [0.2, 0.25) is 10.0 Å². The second-order valence-corrected chi connectivity index (χ2v) is 6.14. The topological polar surface area (TPSA) is 101 Å². The van der Waals surface area contributed by atoms with Gasteiger partial charge in [-0.15, -0.1) is 0 Å². The van der Waals surface area contributed by atoms with E-state index in [9.17, 15) is 8.42 Å². The van der Waals surface area contributed by atoms with Gasteiger partial charge in [0.05, 0.1) is 11.1 Å². The number of nitrogens with one attached hydrogen (secondary N) is 2. The lowest BCUT2D eigenvalue weighted by Crippen LogP contribution is -2.24. The highest BCUT2D eigenvalue weighted by Gasteiger charge is 2.18. The van der Waals surface area contributed by atoms with Gasteiger partial charge in [0.1, 0.15) is 0 Å². The van der Waals surface area contributed by atoms with Crippen molar-refractivity contribution in [2.45, 2.75) is 25.3 Å². The van der Waals surface area contributed by atoms with Gasteiger partial charge in [0.15, 0.2) is 0 Å². The SMILES string of the molecule is Cc1cc(N)c(C)c(S(=O)(=O)NCc2cn[nH]c2)c1. The van der Waals surface area contributed by atoms with E-state index in [1.807, 2.05) is 6.92 Å². The maximum absolute atomic E-state index is 12.3. The summed E-state index contributed by atoms with van der Waals surface area (Å²) in [5.74, 6) is 0. The predicted molar refractivity (Wildman–Crippen MR) is 72.9 cm³/mol. The lowest BCUT2D eigenvalue weighted by molar-refractivity contribution is 0.580. The highest BCUT2D eigenvalue weighted by atomic mass is 32.2. The number of anilines is 1. The third-order valence-corrected chi connectivity index (χ3v) is 4.38. The summed E-state index contributed by atoms with van der Waals surface area (Å²) >= 11 is 0. The molecule has 0 amide bonds. The molecule has 4 N–H and O–H groups in total. The zero-order valence-electron chi connectivity index (χ0n) is 10.8. The molecule has 2 rings (SSSR count). The van der Waals surface area contributed by atoms with Crippen molar-refractivity contribution in [3.63, 3.8) is 0 Å². The van der Waals surface area contributed by atoms with Crippen LogP contribution in [0.25, 0.3) is 0 Å². The molecule has 1 heterocycles. The smallest absolute Gasteiger partial charge is 0.241 e. The summed E-state index contributed by atoms with van der Waals surface area (Å²) in [6.45, 7) is 3.69. The van der Waals surface area contributed by atoms with Crippen LogP contribution in [0.2, 0.25) is 0 Å². The number of aromatic amines is 1. The zero-order chi connectivity index (χ0) is 14.0. The Hall–Kier alpha value is -1.86. The first-order valence-corrected chi connectivity index (χ1v) is 7.22. The molecule has 0 bridgehead atoms. The Kier molecular flexibility index (Phi) is 3.59. The zero-order valence-corrected chi connectivity index (χ0v) is 11.6. The highest BCUT2D eigenvalue weighted by Crippen LogP contribution is 2.22. The Morgan fingerprint density at radius 1 is 1.37 bits per heavy atom. The number of rotatable bonds is 4. The third kappa shape index (κ3) is 2.94. The van der Waals surface area contributed by atoms with Crippen molar-refractivity contribution < 1.29 is 8.42 Å². The van der Waals surface area contributed by atoms with Gasteiger partial charge in [0.25, 0.3) is 0 Å². The summed E-state index contributed by atoms with van der Waals surface area (Å²) in [6, 6.07) is 3.37. The van der Waals surface area contributed by atoms with E-state index < -0.39 is 10.0 Å². The van der Waals surface area contributed by atoms with Crippen molar-refractivity contribution in [1.29, 1.82) is 0 Å². The molecule has 102 valence electrons. The first kappa shape index (κ1) is 13.6. The molecule has 0 saturated heterocycles. The average Bonchev–Trinajstić information content (AvgIpc) is 2.84. The van der Waals surface area contributed by atoms with E-state index in [4.69, 9.17) is 5.73 Å². The minimum atomic E-state index is -3.58. The Labute approximate surface area is 112 Å². The number of aryl methyl sites for hydroxylation is 1. The van der Waals surface area contributed by atoms with E-state index in [1.165, 1.54) is 0 Å². The average molecular weight is 280 g/mol. The molecule has 7 heteroatoms. The van der Waals surface area contributed by atoms with E-state index in [0.29, 0.717) is 11.3 Å². The van der Waals surface area contributed by atoms with Crippen LogP contribution in [-0.4, -0.2) is 18.6 Å². The van der Waals surface area contributed by atoms with Crippen LogP contribution in [0.1, 0.15) is 16.7 Å². The van der Waals surface area contributed by atoms with Crippen LogP contribution in [0.3, 0.4) is 0 Å². The van der Waals surface area contributed by atoms with Gasteiger partial charge < -0.3 is 5.73 Å². The number of aromatic nitrogens is 2. The molecule has 0 spiro atoms. The van der Waals surface area contributed by atoms with Crippen LogP contribution in [0.15, 0.2) is 29.4 Å². The summed E-state index contributed by atoms with van der Waals surface area (Å²) in [7, 11) is -3.58. The van der Waals surface area contributed by atoms with E-state index in [0.717, 1.165) is 11.1 Å². The molecular weight excluding hydrogens is 264 g/mol. The molecule has 0 radical (unpaired) electrons. The maximum Gasteiger partial charge on any atom is 0.241 e. The van der Waals surface area contributed by atoms with Crippen molar-refractivity contribution in [2.24, 2.45) is 0 Å². The molecule has 2 aromatic rings. The largest absolute Gasteiger partial charge is 0.398 e. The number of hydrogen-bond donors (Lipinski definition) is 3. The van der Waals surface area contributed by atoms with Crippen LogP contribution < -0.4 is 10.5 Å². The quantitative estimate of drug-likeness (QED) is 0.730. The summed E-state index contributed by atoms with van der Waals surface area (Å²) in [5.41, 5.74) is 8.42. The van der Waals surface area contributed by atoms with Crippen LogP contribution in [0, 0.1) is 13.8 Å². The summed E-state index contributed by atoms with van der Waals surface area (Å²) in [6.07, 6.45) is 3.21. The number of H-pyrrole nitrogens is 1. The Morgan fingerprint density at radius 3 is 2.74 bits per heavy atom. The molecule has 19 heavy (non-hydrogen) atoms. The maximum atomic E-state index is 12.3. The van der Waals surface area contributed by atoms with Crippen molar-refractivity contribution in [3.8, 4) is 0 Å². The number of nitrogen functional groups attached to an aromatic ring is 1. The van der Waals surface area contributed by atoms with Gasteiger partial charge in [-0.2, -0.15) is 5.10 Å². The lowest BCUT2D eigenvalue weighted by atomic mass is 10.1. The second-order valence-electron chi connectivity index (χ2n) is 4.41. The molecular formula is C12H16N4O2S. The van der Waals surface area contributed by atoms with Crippen molar-refractivity contribution in [2.75, 3.05) is 5.73 Å². The van der Waals surface area contributed by atoms with Crippen LogP contribution in [-0.2, 0) is 16.6 Å². The fourth-order valence-corrected chi connectivity index (χ4v) is 3.14. The number of nitrogens with two attached hydrogens (primary N) is 1. The van der Waals surface area contributed by atoms with Gasteiger partial charge in [-0.3, -0.25) is 5.10 Å². The molecule has 0 aliphatic carbocycles. The molecule has 0 unspecified atom stereocenters. The van der Waals surface area contributed by atoms with Gasteiger partial charge in [0, 0.05) is 24.0 Å². The first-order chi connectivity index (χ1) is 8.90. The minimum absolute atomic E-state index is 0.187. The van der Waals surface area contributed by atoms with Crippen LogP contribution in [0.4, 0.5) is 5.69 Å². The fraction of sp³-hybridized carbons (Fsp3) is 0.250. The molecule has 1 aromatic heterocycles. The Bertz CT molecular complexity index is 678. The van der Waals surface area contributed by atoms with Crippen molar-refractivity contribution in [1.82, 2.24) is 14.9 Å². The van der Waals surface area contributed by atoms with Crippen LogP contribution >= 0.6 is 0 Å². The monoisotopic (exact) mass is 280 g/mol. The normalized spacial score (nSPS) is 11.7. The number of hydrogen-bond acceptors (Lipinski definition) is 4. The fourth-order valence-electron chi connectivity index (χ4n) is 1.76. The number of nitrogens with zero attached hydrogens (tertiary/aromatic N) is 1. The molecule has 0 aliphatic heterocycles. The second kappa shape index (κ2) is 5.02. The van der Waals surface area contributed by atoms with Crippen LogP contribution in [0.5, 0.6) is 0 Å². The summed E-state index contributed by atoms with van der Waals surface area (Å²) < 4.78 is 27.0. The van der Waals surface area contributed by atoms with E-state index in [-0.39, 0.29) is 11.4 Å². The molecule has 0 saturated carbocycles. The first-order valence-electron chi connectivity index (χ1n) is 5.74. The van der Waals surface area contributed by atoms with Gasteiger partial charge in [-0.1, -0.05) is 0 Å². The van der Waals surface area contributed by atoms with E-state index >= 15 is 0 Å². The standard InChI is InChI=1S/C12H16N4O2S/c1-8-3-11(13)9(2)12(4-8)19(17,18)16-7-10-5-14-15-6-10/h3-6,16H,7,13H2,1-2H3,(H,14,15). The van der Waals surface area contributed by atoms with Crippen molar-refractivity contribution >= 4 is 15.7 Å². The molecule has 0 fully saturated rings. The highest BCUT2D eigenvalue weighted by molar-refractivity contribution is 7.89. The number of benzene rings is 1. The molecule has 1 aromatic carbocycles. The lowest BCUT2D eigenvalue weighted by Gasteiger charge is -2.11. The predicted octanol–water partition coefficient (Wildman–Crippen LogP) is 1.09. The molecule has 0 aliphatic rings. The number of sulfonamides is 1. The van der Waals surface area contributed by atoms with Gasteiger partial charge in [-0.25, -0.2) is 13.1 Å². The van der Waals surface area contributed by atoms with E-state index in [2.05, 4.69) is 14.9 Å². The third-order valence-electron chi connectivity index (χ3n) is 2.86. The summed E-state index contributed by atoms with van der Waals surface area (Å²) in [5, 5.41) is 6.39. The Morgan fingerprint density at radius 2 is 2.11 bits per heavy atom. The molecule has 0 atom stereocenters. The van der Waals surface area contributed by atoms with E-state index in [1.54, 1.807) is 31.5 Å². The molecule has 6 nitrogen and oxygen atoms in total. The Balaban J connectivity index is 2.29. The van der Waals surface area contributed by atoms with Gasteiger partial charge in [-0.05, 0) is 37.1 Å². The minimum Gasteiger partial charge on any atom is -0.398 e. The van der Waals surface area contributed by atoms with Gasteiger partial charge >= 0.3 is 0 Å². The summed E-state index contributed by atoms with van der Waals surface area (Å²) in [4.78, 5) is 0.216.